The molecule has 17 heavy (non-hydrogen) atoms. The van der Waals surface area contributed by atoms with E-state index < -0.39 is 0 Å². The Morgan fingerprint density at radius 1 is 1.29 bits per heavy atom. The molecule has 0 aliphatic carbocycles. The Morgan fingerprint density at radius 3 is 2.29 bits per heavy atom. The van der Waals surface area contributed by atoms with Crippen LogP contribution in [0.15, 0.2) is 0 Å². The highest BCUT2D eigenvalue weighted by Crippen LogP contribution is 2.30. The third kappa shape index (κ3) is 4.30. The number of hydrogen-bond acceptors (Lipinski definition) is 2. The summed E-state index contributed by atoms with van der Waals surface area (Å²) in [5, 5.41) is 6.48. The summed E-state index contributed by atoms with van der Waals surface area (Å²) in [6.45, 7) is 14.6. The Morgan fingerprint density at radius 2 is 1.88 bits per heavy atom. The van der Waals surface area contributed by atoms with E-state index in [0.717, 1.165) is 25.9 Å². The first-order valence-electron chi connectivity index (χ1n) is 6.58. The van der Waals surface area contributed by atoms with Gasteiger partial charge in [-0.1, -0.05) is 20.8 Å². The van der Waals surface area contributed by atoms with Gasteiger partial charge in [0.15, 0.2) is 0 Å². The fourth-order valence-corrected chi connectivity index (χ4v) is 2.84. The first-order chi connectivity index (χ1) is 7.54. The minimum atomic E-state index is -0.227. The summed E-state index contributed by atoms with van der Waals surface area (Å²) >= 11 is 0. The second-order valence-electron chi connectivity index (χ2n) is 7.56. The van der Waals surface area contributed by atoms with Gasteiger partial charge in [-0.25, -0.2) is 0 Å². The summed E-state index contributed by atoms with van der Waals surface area (Å²) in [6.07, 6.45) is 1.92. The fourth-order valence-electron chi connectivity index (χ4n) is 2.84. The van der Waals surface area contributed by atoms with Crippen LogP contribution in [0.25, 0.3) is 0 Å². The monoisotopic (exact) mass is 240 g/mol. The maximum absolute atomic E-state index is 12.3. The van der Waals surface area contributed by atoms with Crippen LogP contribution in [0.2, 0.25) is 0 Å². The number of hydrogen-bond donors (Lipinski definition) is 2. The van der Waals surface area contributed by atoms with Crippen LogP contribution in [0.4, 0.5) is 0 Å². The molecule has 1 unspecified atom stereocenters. The predicted molar refractivity (Wildman–Crippen MR) is 71.9 cm³/mol. The normalized spacial score (nSPS) is 26.0. The molecule has 2 N–H and O–H groups in total. The molecule has 1 heterocycles. The summed E-state index contributed by atoms with van der Waals surface area (Å²) < 4.78 is 0. The fraction of sp³-hybridized carbons (Fsp3) is 0.929. The molecule has 0 aromatic heterocycles. The van der Waals surface area contributed by atoms with Gasteiger partial charge < -0.3 is 10.6 Å². The van der Waals surface area contributed by atoms with Crippen molar-refractivity contribution >= 4 is 5.91 Å². The van der Waals surface area contributed by atoms with Gasteiger partial charge >= 0.3 is 0 Å². The summed E-state index contributed by atoms with van der Waals surface area (Å²) in [6, 6.07) is 0. The molecule has 0 aromatic carbocycles. The third-order valence-corrected chi connectivity index (χ3v) is 3.34. The Labute approximate surface area is 106 Å². The van der Waals surface area contributed by atoms with Crippen molar-refractivity contribution in [3.63, 3.8) is 0 Å². The van der Waals surface area contributed by atoms with Crippen molar-refractivity contribution in [2.24, 2.45) is 10.8 Å². The average Bonchev–Trinajstić information content (AvgIpc) is 2.47. The number of carbonyl (C=O) groups excluding carboxylic acids is 1. The van der Waals surface area contributed by atoms with Crippen LogP contribution >= 0.6 is 0 Å². The Balaban J connectivity index is 2.61. The van der Waals surface area contributed by atoms with E-state index in [-0.39, 0.29) is 22.3 Å². The van der Waals surface area contributed by atoms with Crippen molar-refractivity contribution in [2.45, 2.75) is 59.9 Å². The predicted octanol–water partition coefficient (Wildman–Crippen LogP) is 2.32. The van der Waals surface area contributed by atoms with Crippen LogP contribution in [0, 0.1) is 10.8 Å². The van der Waals surface area contributed by atoms with Crippen LogP contribution in [0.5, 0.6) is 0 Å². The van der Waals surface area contributed by atoms with E-state index in [1.807, 2.05) is 0 Å². The zero-order valence-electron chi connectivity index (χ0n) is 12.2. The van der Waals surface area contributed by atoms with Gasteiger partial charge in [-0.05, 0) is 45.6 Å². The molecule has 1 aliphatic heterocycles. The minimum absolute atomic E-state index is 0.138. The molecule has 3 heteroatoms. The Kier molecular flexibility index (Phi) is 3.92. The zero-order valence-corrected chi connectivity index (χ0v) is 12.2. The molecule has 0 spiro atoms. The summed E-state index contributed by atoms with van der Waals surface area (Å²) in [4.78, 5) is 12.3. The van der Waals surface area contributed by atoms with E-state index in [9.17, 15) is 4.79 Å². The van der Waals surface area contributed by atoms with Gasteiger partial charge in [0.25, 0.3) is 0 Å². The first kappa shape index (κ1) is 14.5. The first-order valence-corrected chi connectivity index (χ1v) is 6.58. The number of nitrogens with one attached hydrogen (secondary N) is 2. The third-order valence-electron chi connectivity index (χ3n) is 3.34. The Bertz CT molecular complexity index is 283. The van der Waals surface area contributed by atoms with Crippen molar-refractivity contribution in [3.05, 3.63) is 0 Å². The number of amides is 1. The lowest BCUT2D eigenvalue weighted by Gasteiger charge is -2.36. The van der Waals surface area contributed by atoms with Gasteiger partial charge in [-0.2, -0.15) is 0 Å². The maximum atomic E-state index is 12.3. The second kappa shape index (κ2) is 4.60. The molecule has 100 valence electrons. The molecule has 0 saturated carbocycles. The van der Waals surface area contributed by atoms with Crippen LogP contribution in [-0.4, -0.2) is 24.5 Å². The molecule has 1 aliphatic rings. The van der Waals surface area contributed by atoms with Gasteiger partial charge in [0.05, 0.1) is 5.41 Å². The van der Waals surface area contributed by atoms with Gasteiger partial charge in [0.1, 0.15) is 0 Å². The van der Waals surface area contributed by atoms with Crippen LogP contribution in [-0.2, 0) is 4.79 Å². The molecule has 1 saturated heterocycles. The molecule has 0 aromatic rings. The van der Waals surface area contributed by atoms with Crippen LogP contribution in [0.3, 0.4) is 0 Å². The average molecular weight is 240 g/mol. The minimum Gasteiger partial charge on any atom is -0.351 e. The highest BCUT2D eigenvalue weighted by Gasteiger charge is 2.39. The van der Waals surface area contributed by atoms with Crippen molar-refractivity contribution in [3.8, 4) is 0 Å². The van der Waals surface area contributed by atoms with Crippen molar-refractivity contribution in [2.75, 3.05) is 13.1 Å². The molecule has 0 bridgehead atoms. The van der Waals surface area contributed by atoms with Crippen LogP contribution in [0.1, 0.15) is 54.4 Å². The molecule has 0 radical (unpaired) electrons. The van der Waals surface area contributed by atoms with Crippen molar-refractivity contribution in [1.82, 2.24) is 10.6 Å². The topological polar surface area (TPSA) is 41.1 Å². The zero-order chi connectivity index (χ0) is 13.3. The second-order valence-corrected chi connectivity index (χ2v) is 7.56. The summed E-state index contributed by atoms with van der Waals surface area (Å²) in [5.74, 6) is 0.191. The van der Waals surface area contributed by atoms with E-state index in [1.165, 1.54) is 0 Å². The molecule has 1 rings (SSSR count). The molecule has 1 atom stereocenters. The van der Waals surface area contributed by atoms with E-state index in [4.69, 9.17) is 0 Å². The van der Waals surface area contributed by atoms with Gasteiger partial charge in [0, 0.05) is 12.1 Å². The SMILES string of the molecule is CC(C)(C)CC(C)(C)NC(=O)C1(C)CCNC1. The molecular formula is C14H28N2O. The summed E-state index contributed by atoms with van der Waals surface area (Å²) in [7, 11) is 0. The van der Waals surface area contributed by atoms with Crippen molar-refractivity contribution < 1.29 is 4.79 Å². The quantitative estimate of drug-likeness (QED) is 0.795. The number of rotatable bonds is 3. The van der Waals surface area contributed by atoms with E-state index in [1.54, 1.807) is 0 Å². The summed E-state index contributed by atoms with van der Waals surface area (Å²) in [5.41, 5.74) is -0.137. The molecular weight excluding hydrogens is 212 g/mol. The van der Waals surface area contributed by atoms with Gasteiger partial charge in [-0.3, -0.25) is 4.79 Å². The highest BCUT2D eigenvalue weighted by molar-refractivity contribution is 5.83. The number of carbonyl (C=O) groups is 1. The smallest absolute Gasteiger partial charge is 0.227 e. The molecule has 1 fully saturated rings. The lowest BCUT2D eigenvalue weighted by molar-refractivity contribution is -0.131. The molecule has 1 amide bonds. The lowest BCUT2D eigenvalue weighted by atomic mass is 9.80. The standard InChI is InChI=1S/C14H28N2O/c1-12(2,3)9-13(4,5)16-11(17)14(6)7-8-15-10-14/h15H,7-10H2,1-6H3,(H,16,17). The van der Waals surface area contributed by atoms with Gasteiger partial charge in [0.2, 0.25) is 5.91 Å². The van der Waals surface area contributed by atoms with Crippen LogP contribution < -0.4 is 10.6 Å². The highest BCUT2D eigenvalue weighted by atomic mass is 16.2. The van der Waals surface area contributed by atoms with E-state index in [2.05, 4.69) is 52.2 Å². The van der Waals surface area contributed by atoms with Gasteiger partial charge in [-0.15, -0.1) is 0 Å². The maximum Gasteiger partial charge on any atom is 0.227 e. The largest absolute Gasteiger partial charge is 0.351 e. The van der Waals surface area contributed by atoms with E-state index in [0.29, 0.717) is 0 Å². The van der Waals surface area contributed by atoms with E-state index >= 15 is 0 Å². The van der Waals surface area contributed by atoms with Crippen molar-refractivity contribution in [1.29, 1.82) is 0 Å². The Hall–Kier alpha value is -0.570. The lowest BCUT2D eigenvalue weighted by Crippen LogP contribution is -2.51. The molecule has 3 nitrogen and oxygen atoms in total.